The van der Waals surface area contributed by atoms with Crippen LogP contribution in [-0.2, 0) is 0 Å². The minimum absolute atomic E-state index is 0.00301. The summed E-state index contributed by atoms with van der Waals surface area (Å²) in [6.07, 6.45) is 0.780. The fraction of sp³-hybridized carbons (Fsp3) is 0.333. The minimum atomic E-state index is -0.00301. The molecular weight excluding hydrogens is 344 g/mol. The quantitative estimate of drug-likeness (QED) is 0.817. The number of aryl methyl sites for hydroxylation is 1. The van der Waals surface area contributed by atoms with E-state index in [0.717, 1.165) is 12.0 Å². The molecule has 0 bridgehead atoms. The lowest BCUT2D eigenvalue weighted by molar-refractivity contribution is 0.0721. The van der Waals surface area contributed by atoms with Gasteiger partial charge in [-0.25, -0.2) is 0 Å². The summed E-state index contributed by atoms with van der Waals surface area (Å²) >= 11 is 7.21. The van der Waals surface area contributed by atoms with Crippen LogP contribution < -0.4 is 0 Å². The van der Waals surface area contributed by atoms with E-state index in [0.29, 0.717) is 41.0 Å². The Morgan fingerprint density at radius 2 is 1.71 bits per heavy atom. The molecule has 0 N–H and O–H groups in total. The molecule has 1 saturated heterocycles. The largest absolute Gasteiger partial charge is 0.337 e. The lowest BCUT2D eigenvalue weighted by Gasteiger charge is -2.22. The molecule has 0 atom stereocenters. The second-order valence-corrected chi connectivity index (χ2v) is 7.63. The number of rotatable bonds is 2. The number of halogens is 1. The van der Waals surface area contributed by atoms with Crippen LogP contribution in [-0.4, -0.2) is 47.8 Å². The minimum Gasteiger partial charge on any atom is -0.337 e. The highest BCUT2D eigenvalue weighted by molar-refractivity contribution is 7.17. The van der Waals surface area contributed by atoms with Gasteiger partial charge in [0.2, 0.25) is 0 Å². The fourth-order valence-electron chi connectivity index (χ4n) is 2.87. The van der Waals surface area contributed by atoms with E-state index in [1.807, 2.05) is 41.0 Å². The topological polar surface area (TPSA) is 40.6 Å². The molecule has 1 aromatic carbocycles. The summed E-state index contributed by atoms with van der Waals surface area (Å²) < 4.78 is 0.615. The second kappa shape index (κ2) is 7.36. The Morgan fingerprint density at radius 3 is 2.33 bits per heavy atom. The van der Waals surface area contributed by atoms with E-state index >= 15 is 0 Å². The van der Waals surface area contributed by atoms with Crippen LogP contribution in [0.1, 0.15) is 32.0 Å². The van der Waals surface area contributed by atoms with Crippen LogP contribution in [0.2, 0.25) is 4.34 Å². The zero-order valence-corrected chi connectivity index (χ0v) is 15.1. The average molecular weight is 363 g/mol. The molecule has 3 rings (SSSR count). The highest BCUT2D eigenvalue weighted by Gasteiger charge is 2.24. The molecule has 2 heterocycles. The Hall–Kier alpha value is -1.85. The molecule has 2 aromatic rings. The van der Waals surface area contributed by atoms with Gasteiger partial charge in [-0.05, 0) is 37.6 Å². The van der Waals surface area contributed by atoms with Crippen molar-refractivity contribution in [2.75, 3.05) is 26.2 Å². The zero-order valence-electron chi connectivity index (χ0n) is 13.5. The summed E-state index contributed by atoms with van der Waals surface area (Å²) in [6.45, 7) is 4.41. The maximum atomic E-state index is 12.7. The first-order valence-corrected chi connectivity index (χ1v) is 9.14. The molecule has 4 nitrogen and oxygen atoms in total. The number of thiophene rings is 1. The molecule has 0 spiro atoms. The summed E-state index contributed by atoms with van der Waals surface area (Å²) in [6, 6.07) is 11.1. The molecule has 24 heavy (non-hydrogen) atoms. The molecule has 6 heteroatoms. The van der Waals surface area contributed by atoms with Crippen molar-refractivity contribution in [1.82, 2.24) is 9.80 Å². The number of amides is 2. The summed E-state index contributed by atoms with van der Waals surface area (Å²) in [7, 11) is 0. The van der Waals surface area contributed by atoms with Gasteiger partial charge in [0.05, 0.1) is 9.21 Å². The van der Waals surface area contributed by atoms with E-state index in [9.17, 15) is 9.59 Å². The van der Waals surface area contributed by atoms with Crippen LogP contribution in [0.4, 0.5) is 0 Å². The first-order chi connectivity index (χ1) is 11.5. The smallest absolute Gasteiger partial charge is 0.264 e. The van der Waals surface area contributed by atoms with Gasteiger partial charge < -0.3 is 9.80 Å². The average Bonchev–Trinajstić information content (AvgIpc) is 2.86. The fourth-order valence-corrected chi connectivity index (χ4v) is 3.88. The van der Waals surface area contributed by atoms with E-state index in [1.54, 1.807) is 12.1 Å². The molecule has 1 aliphatic rings. The Kier molecular flexibility index (Phi) is 5.21. The van der Waals surface area contributed by atoms with Gasteiger partial charge in [0.1, 0.15) is 0 Å². The van der Waals surface area contributed by atoms with Crippen LogP contribution in [0.5, 0.6) is 0 Å². The lowest BCUT2D eigenvalue weighted by Crippen LogP contribution is -2.37. The Balaban J connectivity index is 1.66. The number of nitrogens with zero attached hydrogens (tertiary/aromatic N) is 2. The van der Waals surface area contributed by atoms with E-state index < -0.39 is 0 Å². The Bertz CT molecular complexity index is 759. The van der Waals surface area contributed by atoms with Crippen molar-refractivity contribution in [3.63, 3.8) is 0 Å². The second-order valence-electron chi connectivity index (χ2n) is 5.91. The normalized spacial score (nSPS) is 15.2. The molecule has 0 saturated carbocycles. The van der Waals surface area contributed by atoms with Crippen LogP contribution in [0, 0.1) is 6.92 Å². The first-order valence-electron chi connectivity index (χ1n) is 7.95. The number of hydrogen-bond acceptors (Lipinski definition) is 3. The number of carbonyl (C=O) groups excluding carboxylic acids is 2. The van der Waals surface area contributed by atoms with E-state index in [-0.39, 0.29) is 11.8 Å². The molecule has 1 fully saturated rings. The lowest BCUT2D eigenvalue weighted by atomic mass is 10.1. The molecule has 0 aliphatic carbocycles. The maximum Gasteiger partial charge on any atom is 0.264 e. The number of hydrogen-bond donors (Lipinski definition) is 0. The molecule has 1 aromatic heterocycles. The monoisotopic (exact) mass is 362 g/mol. The molecule has 126 valence electrons. The summed E-state index contributed by atoms with van der Waals surface area (Å²) in [5, 5.41) is 0. The molecule has 0 unspecified atom stereocenters. The van der Waals surface area contributed by atoms with Crippen LogP contribution >= 0.6 is 22.9 Å². The van der Waals surface area contributed by atoms with Crippen molar-refractivity contribution in [1.29, 1.82) is 0 Å². The van der Waals surface area contributed by atoms with Gasteiger partial charge in [-0.1, -0.05) is 29.3 Å². The zero-order chi connectivity index (χ0) is 17.1. The summed E-state index contributed by atoms with van der Waals surface area (Å²) in [5.74, 6) is 0.0314. The highest BCUT2D eigenvalue weighted by Crippen LogP contribution is 2.23. The van der Waals surface area contributed by atoms with E-state index in [1.165, 1.54) is 11.3 Å². The van der Waals surface area contributed by atoms with Crippen LogP contribution in [0.3, 0.4) is 0 Å². The van der Waals surface area contributed by atoms with Gasteiger partial charge in [0.15, 0.2) is 0 Å². The van der Waals surface area contributed by atoms with E-state index in [4.69, 9.17) is 11.6 Å². The molecule has 2 amide bonds. The van der Waals surface area contributed by atoms with Crippen molar-refractivity contribution in [2.45, 2.75) is 13.3 Å². The Morgan fingerprint density at radius 1 is 1.00 bits per heavy atom. The van der Waals surface area contributed by atoms with Gasteiger partial charge >= 0.3 is 0 Å². The van der Waals surface area contributed by atoms with Crippen molar-refractivity contribution >= 4 is 34.8 Å². The van der Waals surface area contributed by atoms with Crippen LogP contribution in [0.25, 0.3) is 0 Å². The SMILES string of the molecule is Cc1cccc(C(=O)N2CCCN(C(=O)c3ccc(Cl)s3)CC2)c1. The van der Waals surface area contributed by atoms with E-state index in [2.05, 4.69) is 0 Å². The van der Waals surface area contributed by atoms with Crippen molar-refractivity contribution in [3.05, 3.63) is 56.7 Å². The third-order valence-corrected chi connectivity index (χ3v) is 5.34. The van der Waals surface area contributed by atoms with Gasteiger partial charge in [-0.3, -0.25) is 9.59 Å². The standard InChI is InChI=1S/C18H19ClN2O2S/c1-13-4-2-5-14(12-13)17(22)20-8-3-9-21(11-10-20)18(23)15-6-7-16(19)24-15/h2,4-7,12H,3,8-11H2,1H3. The van der Waals surface area contributed by atoms with Gasteiger partial charge in [0, 0.05) is 31.7 Å². The van der Waals surface area contributed by atoms with Crippen molar-refractivity contribution in [2.24, 2.45) is 0 Å². The van der Waals surface area contributed by atoms with Crippen LogP contribution in [0.15, 0.2) is 36.4 Å². The Labute approximate surface area is 150 Å². The maximum absolute atomic E-state index is 12.7. The third kappa shape index (κ3) is 3.79. The van der Waals surface area contributed by atoms with Gasteiger partial charge in [-0.2, -0.15) is 0 Å². The predicted octanol–water partition coefficient (Wildman–Crippen LogP) is 3.70. The first kappa shape index (κ1) is 17.0. The number of benzene rings is 1. The predicted molar refractivity (Wildman–Crippen MR) is 96.9 cm³/mol. The summed E-state index contributed by atoms with van der Waals surface area (Å²) in [5.41, 5.74) is 1.78. The highest BCUT2D eigenvalue weighted by atomic mass is 35.5. The molecule has 0 radical (unpaired) electrons. The third-order valence-electron chi connectivity index (χ3n) is 4.12. The van der Waals surface area contributed by atoms with Crippen molar-refractivity contribution < 1.29 is 9.59 Å². The number of carbonyl (C=O) groups is 2. The van der Waals surface area contributed by atoms with Crippen molar-refractivity contribution in [3.8, 4) is 0 Å². The van der Waals surface area contributed by atoms with Gasteiger partial charge in [0.25, 0.3) is 11.8 Å². The molecule has 1 aliphatic heterocycles. The summed E-state index contributed by atoms with van der Waals surface area (Å²) in [4.78, 5) is 29.5. The molecular formula is C18H19ClN2O2S. The van der Waals surface area contributed by atoms with Gasteiger partial charge in [-0.15, -0.1) is 11.3 Å².